The van der Waals surface area contributed by atoms with Crippen molar-refractivity contribution in [3.8, 4) is 5.75 Å². The average Bonchev–Trinajstić information content (AvgIpc) is 3.02. The van der Waals surface area contributed by atoms with Crippen molar-refractivity contribution >= 4 is 22.6 Å². The lowest BCUT2D eigenvalue weighted by Crippen LogP contribution is -2.54. The highest BCUT2D eigenvalue weighted by atomic mass is 28.4. The maximum absolute atomic E-state index is 12.3. The number of esters is 1. The summed E-state index contributed by atoms with van der Waals surface area (Å²) in [6.45, 7) is 27.0. The van der Waals surface area contributed by atoms with Crippen LogP contribution in [0.25, 0.3) is 0 Å². The van der Waals surface area contributed by atoms with Crippen LogP contribution in [-0.4, -0.2) is 78.1 Å². The molecule has 266 valence electrons. The maximum Gasteiger partial charge on any atom is 0.337 e. The molecule has 1 aromatic rings. The van der Waals surface area contributed by atoms with E-state index in [1.54, 1.807) is 7.11 Å². The molecule has 0 amide bonds. The lowest BCUT2D eigenvalue weighted by Gasteiger charge is -2.46. The largest absolute Gasteiger partial charge is 0.497 e. The third-order valence-electron chi connectivity index (χ3n) is 10.2. The van der Waals surface area contributed by atoms with Gasteiger partial charge in [-0.25, -0.2) is 4.79 Å². The number of methoxy groups -OCH3 is 2. The second kappa shape index (κ2) is 18.9. The quantitative estimate of drug-likeness (QED) is 0.0818. The Hall–Kier alpha value is -1.54. The first-order valence-electron chi connectivity index (χ1n) is 17.0. The smallest absolute Gasteiger partial charge is 0.337 e. The molecular formula is C36H66O8Si2. The molecular weight excluding hydrogens is 617 g/mol. The first kappa shape index (κ1) is 42.5. The highest BCUT2D eigenvalue weighted by Gasteiger charge is 2.46. The molecule has 0 saturated heterocycles. The molecule has 0 fully saturated rings. The van der Waals surface area contributed by atoms with Gasteiger partial charge in [-0.15, -0.1) is 0 Å². The number of ether oxygens (including phenoxy) is 3. The van der Waals surface area contributed by atoms with Gasteiger partial charge >= 0.3 is 5.97 Å². The van der Waals surface area contributed by atoms with Crippen LogP contribution < -0.4 is 4.74 Å². The van der Waals surface area contributed by atoms with Gasteiger partial charge in [0.15, 0.2) is 22.7 Å². The fourth-order valence-electron chi connectivity index (χ4n) is 5.68. The molecule has 0 heterocycles. The Kier molecular flexibility index (Phi) is 17.4. The van der Waals surface area contributed by atoms with E-state index in [0.717, 1.165) is 35.0 Å². The van der Waals surface area contributed by atoms with Crippen molar-refractivity contribution in [3.05, 3.63) is 41.5 Å². The zero-order valence-electron chi connectivity index (χ0n) is 31.3. The Morgan fingerprint density at radius 1 is 0.913 bits per heavy atom. The van der Waals surface area contributed by atoms with E-state index in [1.807, 2.05) is 31.2 Å². The van der Waals surface area contributed by atoms with E-state index < -0.39 is 46.8 Å². The minimum Gasteiger partial charge on any atom is -0.497 e. The summed E-state index contributed by atoms with van der Waals surface area (Å²) in [5, 5.41) is 21.9. The van der Waals surface area contributed by atoms with Crippen LogP contribution in [-0.2, 0) is 29.7 Å². The third kappa shape index (κ3) is 11.9. The summed E-state index contributed by atoms with van der Waals surface area (Å²) < 4.78 is 30.5. The SMILES string of the molecule is CC[Si](CC)(CC)O[C@H]([C@@H](C)[C@H](O)[C@@H](O)C(=O)OC)[C@H](C)[C@@H](O[Si](C)(C)C(C)(C)C)/C(C)=C/[C@H](C)COCc1ccc(OC)cc1. The van der Waals surface area contributed by atoms with Crippen molar-refractivity contribution in [1.82, 2.24) is 0 Å². The highest BCUT2D eigenvalue weighted by molar-refractivity contribution is 6.74. The minimum atomic E-state index is -2.27. The molecule has 0 unspecified atom stereocenters. The molecule has 8 nitrogen and oxygen atoms in total. The summed E-state index contributed by atoms with van der Waals surface area (Å²) in [5.41, 5.74) is 2.16. The Morgan fingerprint density at radius 3 is 1.91 bits per heavy atom. The Morgan fingerprint density at radius 2 is 1.46 bits per heavy atom. The van der Waals surface area contributed by atoms with E-state index in [1.165, 1.54) is 7.11 Å². The van der Waals surface area contributed by atoms with Gasteiger partial charge in [0.2, 0.25) is 0 Å². The van der Waals surface area contributed by atoms with E-state index in [4.69, 9.17) is 23.1 Å². The minimum absolute atomic E-state index is 0.0321. The van der Waals surface area contributed by atoms with E-state index in [2.05, 4.69) is 81.5 Å². The molecule has 0 bridgehead atoms. The molecule has 7 atom stereocenters. The molecule has 2 N–H and O–H groups in total. The summed E-state index contributed by atoms with van der Waals surface area (Å²) in [6, 6.07) is 10.7. The van der Waals surface area contributed by atoms with Crippen LogP contribution in [0.3, 0.4) is 0 Å². The third-order valence-corrected chi connectivity index (χ3v) is 19.3. The monoisotopic (exact) mass is 682 g/mol. The van der Waals surface area contributed by atoms with Crippen molar-refractivity contribution in [1.29, 1.82) is 0 Å². The van der Waals surface area contributed by atoms with Gasteiger partial charge in [0.25, 0.3) is 0 Å². The standard InChI is InChI=1S/C36H66O8Si2/c1-15-46(16-2,17-3)44-34(27(6)31(37)32(38)35(39)41-12)28(7)33(43-45(13,14)36(8,9)10)26(5)22-25(4)23-42-24-29-18-20-30(40-11)21-19-29/h18-22,25,27-28,31-34,37-38H,15-17,23-24H2,1-14H3/b26-22+/t25-,27-,28+,31-,32+,33-,34+/m0/s1. The molecule has 1 aromatic carbocycles. The Bertz CT molecular complexity index is 1060. The number of hydrogen-bond acceptors (Lipinski definition) is 8. The zero-order chi connectivity index (χ0) is 35.5. The van der Waals surface area contributed by atoms with Crippen LogP contribution in [0.2, 0.25) is 36.3 Å². The fraction of sp³-hybridized carbons (Fsp3) is 0.750. The maximum atomic E-state index is 12.3. The van der Waals surface area contributed by atoms with E-state index in [-0.39, 0.29) is 23.0 Å². The molecule has 0 spiro atoms. The van der Waals surface area contributed by atoms with Crippen LogP contribution in [0.1, 0.15) is 74.8 Å². The van der Waals surface area contributed by atoms with Gasteiger partial charge in [0.05, 0.1) is 45.7 Å². The topological polar surface area (TPSA) is 104 Å². The number of benzene rings is 1. The predicted molar refractivity (Wildman–Crippen MR) is 192 cm³/mol. The van der Waals surface area contributed by atoms with Gasteiger partial charge in [0, 0.05) is 11.8 Å². The Labute approximate surface area is 282 Å². The van der Waals surface area contributed by atoms with Crippen molar-refractivity contribution < 1.29 is 38.1 Å². The molecule has 0 aliphatic heterocycles. The molecule has 0 aromatic heterocycles. The van der Waals surface area contributed by atoms with Crippen LogP contribution in [0, 0.1) is 17.8 Å². The molecule has 0 aliphatic carbocycles. The molecule has 0 aliphatic rings. The van der Waals surface area contributed by atoms with Gasteiger partial charge < -0.3 is 33.3 Å². The normalized spacial score (nSPS) is 17.9. The molecule has 10 heteroatoms. The van der Waals surface area contributed by atoms with Crippen molar-refractivity contribution in [2.45, 2.75) is 137 Å². The van der Waals surface area contributed by atoms with Crippen LogP contribution >= 0.6 is 0 Å². The van der Waals surface area contributed by atoms with Gasteiger partial charge in [-0.05, 0) is 72.4 Å². The van der Waals surface area contributed by atoms with Crippen molar-refractivity contribution in [2.24, 2.45) is 17.8 Å². The first-order valence-corrected chi connectivity index (χ1v) is 22.5. The van der Waals surface area contributed by atoms with E-state index >= 15 is 0 Å². The zero-order valence-corrected chi connectivity index (χ0v) is 33.3. The Balaban J connectivity index is 3.50. The summed E-state index contributed by atoms with van der Waals surface area (Å²) in [5.74, 6) is -0.676. The fourth-order valence-corrected chi connectivity index (χ4v) is 10.1. The van der Waals surface area contributed by atoms with Crippen molar-refractivity contribution in [3.63, 3.8) is 0 Å². The first-order chi connectivity index (χ1) is 21.3. The highest BCUT2D eigenvalue weighted by Crippen LogP contribution is 2.41. The number of aliphatic hydroxyl groups is 2. The summed E-state index contributed by atoms with van der Waals surface area (Å²) in [4.78, 5) is 12.3. The molecule has 0 radical (unpaired) electrons. The number of rotatable bonds is 20. The predicted octanol–water partition coefficient (Wildman–Crippen LogP) is 7.74. The molecule has 0 saturated carbocycles. The van der Waals surface area contributed by atoms with E-state index in [0.29, 0.717) is 13.2 Å². The van der Waals surface area contributed by atoms with E-state index in [9.17, 15) is 15.0 Å². The summed E-state index contributed by atoms with van der Waals surface area (Å²) in [7, 11) is -1.59. The molecule has 46 heavy (non-hydrogen) atoms. The van der Waals surface area contributed by atoms with Gasteiger partial charge in [-0.2, -0.15) is 0 Å². The lowest BCUT2D eigenvalue weighted by molar-refractivity contribution is -0.161. The van der Waals surface area contributed by atoms with Gasteiger partial charge in [-0.1, -0.05) is 80.5 Å². The second-order valence-corrected chi connectivity index (χ2v) is 24.0. The second-order valence-electron chi connectivity index (χ2n) is 14.6. The summed E-state index contributed by atoms with van der Waals surface area (Å²) in [6.07, 6.45) is -1.58. The number of hydrogen-bond donors (Lipinski definition) is 2. The number of carbonyl (C=O) groups excluding carboxylic acids is 1. The summed E-state index contributed by atoms with van der Waals surface area (Å²) >= 11 is 0. The number of carbonyl (C=O) groups is 1. The van der Waals surface area contributed by atoms with Crippen molar-refractivity contribution in [2.75, 3.05) is 20.8 Å². The van der Waals surface area contributed by atoms with Crippen LogP contribution in [0.5, 0.6) is 5.75 Å². The van der Waals surface area contributed by atoms with Gasteiger partial charge in [0.1, 0.15) is 5.75 Å². The average molecular weight is 683 g/mol. The van der Waals surface area contributed by atoms with Gasteiger partial charge in [-0.3, -0.25) is 0 Å². The number of aliphatic hydroxyl groups excluding tert-OH is 2. The molecule has 1 rings (SSSR count). The van der Waals surface area contributed by atoms with Crippen LogP contribution in [0.15, 0.2) is 35.9 Å². The lowest BCUT2D eigenvalue weighted by atomic mass is 9.82. The van der Waals surface area contributed by atoms with Crippen LogP contribution in [0.4, 0.5) is 0 Å².